The van der Waals surface area contributed by atoms with Crippen molar-refractivity contribution in [3.8, 4) is 0 Å². The predicted molar refractivity (Wildman–Crippen MR) is 105 cm³/mol. The highest BCUT2D eigenvalue weighted by Gasteiger charge is 2.77. The molecule has 4 heteroatoms. The first-order chi connectivity index (χ1) is 13.5. The van der Waals surface area contributed by atoms with Gasteiger partial charge in [0.15, 0.2) is 0 Å². The molecule has 3 heterocycles. The number of rotatable bonds is 2. The van der Waals surface area contributed by atoms with Crippen molar-refractivity contribution >= 4 is 5.97 Å². The van der Waals surface area contributed by atoms with Crippen molar-refractivity contribution in [1.82, 2.24) is 0 Å². The Labute approximate surface area is 167 Å². The number of benzene rings is 1. The third kappa shape index (κ3) is 2.28. The lowest BCUT2D eigenvalue weighted by Gasteiger charge is -2.50. The molecule has 1 aromatic rings. The number of hydrogen-bond acceptors (Lipinski definition) is 3. The lowest BCUT2D eigenvalue weighted by atomic mass is 9.55. The van der Waals surface area contributed by atoms with Gasteiger partial charge in [-0.1, -0.05) is 31.2 Å². The summed E-state index contributed by atoms with van der Waals surface area (Å²) in [4.78, 5) is 14.7. The van der Waals surface area contributed by atoms with Crippen LogP contribution in [0.3, 0.4) is 0 Å². The third-order valence-corrected chi connectivity index (χ3v) is 8.91. The Morgan fingerprint density at radius 1 is 1.14 bits per heavy atom. The van der Waals surface area contributed by atoms with Crippen LogP contribution in [-0.2, 0) is 27.2 Å². The summed E-state index contributed by atoms with van der Waals surface area (Å²) in [6.07, 6.45) is 5.87. The van der Waals surface area contributed by atoms with E-state index in [1.54, 1.807) is 4.90 Å². The van der Waals surface area contributed by atoms with Crippen LogP contribution < -0.4 is 4.90 Å². The minimum atomic E-state index is -0.334. The van der Waals surface area contributed by atoms with Gasteiger partial charge >= 0.3 is 5.97 Å². The standard InChI is InChI=1S/C24H31NO3/c1-15-7-8-20-18(14-25-12-10-16-5-3-4-6-17(16)13-25)21(26)27-24(20)19(15)9-11-23(2)22(24)28-23/h3-6,15,18-20,22H,7-14H2,1-2H3/p+1/t15-,18+,19-,20+,22+,23+,24+/m0/s1. The fourth-order valence-electron chi connectivity index (χ4n) is 7.41. The van der Waals surface area contributed by atoms with Crippen molar-refractivity contribution in [3.63, 3.8) is 0 Å². The summed E-state index contributed by atoms with van der Waals surface area (Å²) >= 11 is 0. The third-order valence-electron chi connectivity index (χ3n) is 8.91. The molecule has 2 saturated carbocycles. The highest BCUT2D eigenvalue weighted by atomic mass is 16.7. The van der Waals surface area contributed by atoms with Crippen molar-refractivity contribution in [2.24, 2.45) is 23.7 Å². The summed E-state index contributed by atoms with van der Waals surface area (Å²) in [6.45, 7) is 7.67. The number of carbonyl (C=O) groups is 1. The van der Waals surface area contributed by atoms with Crippen LogP contribution >= 0.6 is 0 Å². The van der Waals surface area contributed by atoms with Crippen molar-refractivity contribution in [3.05, 3.63) is 35.4 Å². The maximum Gasteiger partial charge on any atom is 0.315 e. The summed E-state index contributed by atoms with van der Waals surface area (Å²) in [5.74, 6) is 1.57. The van der Waals surface area contributed by atoms with Gasteiger partial charge in [-0.2, -0.15) is 0 Å². The Hall–Kier alpha value is -1.39. The first kappa shape index (κ1) is 17.5. The van der Waals surface area contributed by atoms with Gasteiger partial charge in [-0.05, 0) is 44.1 Å². The van der Waals surface area contributed by atoms with Gasteiger partial charge in [-0.25, -0.2) is 0 Å². The first-order valence-electron chi connectivity index (χ1n) is 11.3. The van der Waals surface area contributed by atoms with Gasteiger partial charge in [0.25, 0.3) is 0 Å². The summed E-state index contributed by atoms with van der Waals surface area (Å²) in [5.41, 5.74) is 2.56. The Morgan fingerprint density at radius 3 is 2.82 bits per heavy atom. The Morgan fingerprint density at radius 2 is 1.96 bits per heavy atom. The highest BCUT2D eigenvalue weighted by Crippen LogP contribution is 2.66. The second kappa shape index (κ2) is 5.82. The van der Waals surface area contributed by atoms with E-state index in [0.717, 1.165) is 45.3 Å². The molecule has 5 aliphatic rings. The van der Waals surface area contributed by atoms with Crippen LogP contribution in [0.25, 0.3) is 0 Å². The van der Waals surface area contributed by atoms with E-state index in [9.17, 15) is 4.79 Å². The maximum absolute atomic E-state index is 13.2. The van der Waals surface area contributed by atoms with E-state index >= 15 is 0 Å². The fraction of sp³-hybridized carbons (Fsp3) is 0.708. The monoisotopic (exact) mass is 382 g/mol. The molecule has 3 aliphatic heterocycles. The van der Waals surface area contributed by atoms with Crippen LogP contribution in [0.4, 0.5) is 0 Å². The number of fused-ring (bicyclic) bond motifs is 2. The molecule has 2 aliphatic carbocycles. The minimum Gasteiger partial charge on any atom is -0.455 e. The largest absolute Gasteiger partial charge is 0.455 e. The second-order valence-electron chi connectivity index (χ2n) is 10.4. The van der Waals surface area contributed by atoms with Crippen molar-refractivity contribution in [1.29, 1.82) is 0 Å². The second-order valence-corrected chi connectivity index (χ2v) is 10.4. The zero-order valence-corrected chi connectivity index (χ0v) is 17.1. The molecule has 4 fully saturated rings. The molecule has 0 bridgehead atoms. The van der Waals surface area contributed by atoms with Crippen LogP contribution in [0.5, 0.6) is 0 Å². The van der Waals surface area contributed by atoms with Crippen molar-refractivity contribution < 1.29 is 19.2 Å². The summed E-state index contributed by atoms with van der Waals surface area (Å²) in [5, 5.41) is 0. The van der Waals surface area contributed by atoms with Crippen molar-refractivity contribution in [2.45, 2.75) is 69.8 Å². The summed E-state index contributed by atoms with van der Waals surface area (Å²) in [7, 11) is 0. The molecular formula is C24H32NO3+. The van der Waals surface area contributed by atoms with Crippen LogP contribution in [-0.4, -0.2) is 36.4 Å². The normalized spacial score (nSPS) is 48.7. The average molecular weight is 383 g/mol. The van der Waals surface area contributed by atoms with Gasteiger partial charge in [0.1, 0.15) is 24.2 Å². The Kier molecular flexibility index (Phi) is 3.63. The maximum atomic E-state index is 13.2. The Bertz CT molecular complexity index is 824. The molecule has 1 aromatic carbocycles. The molecule has 2 saturated heterocycles. The van der Waals surface area contributed by atoms with Gasteiger partial charge < -0.3 is 14.4 Å². The zero-order chi connectivity index (χ0) is 19.1. The Balaban J connectivity index is 1.28. The molecule has 28 heavy (non-hydrogen) atoms. The van der Waals surface area contributed by atoms with Gasteiger partial charge in [-0.3, -0.25) is 4.79 Å². The lowest BCUT2D eigenvalue weighted by molar-refractivity contribution is -0.918. The van der Waals surface area contributed by atoms with Crippen LogP contribution in [0.15, 0.2) is 24.3 Å². The fourth-order valence-corrected chi connectivity index (χ4v) is 7.41. The molecule has 0 aromatic heterocycles. The molecule has 1 spiro atoms. The molecule has 8 atom stereocenters. The van der Waals surface area contributed by atoms with E-state index < -0.39 is 0 Å². The molecule has 6 rings (SSSR count). The minimum absolute atomic E-state index is 0.0433. The van der Waals surface area contributed by atoms with E-state index in [0.29, 0.717) is 17.8 Å². The number of hydrogen-bond donors (Lipinski definition) is 1. The lowest BCUT2D eigenvalue weighted by Crippen LogP contribution is -3.12. The topological polar surface area (TPSA) is 43.3 Å². The van der Waals surface area contributed by atoms with E-state index in [1.165, 1.54) is 17.5 Å². The van der Waals surface area contributed by atoms with Gasteiger partial charge in [0.05, 0.1) is 18.7 Å². The average Bonchev–Trinajstić information content (AvgIpc) is 3.32. The van der Waals surface area contributed by atoms with Crippen LogP contribution in [0.2, 0.25) is 0 Å². The van der Waals surface area contributed by atoms with E-state index in [1.807, 2.05) is 0 Å². The quantitative estimate of drug-likeness (QED) is 0.630. The van der Waals surface area contributed by atoms with E-state index in [2.05, 4.69) is 38.1 Å². The molecule has 0 amide bonds. The molecule has 1 unspecified atom stereocenters. The molecular weight excluding hydrogens is 350 g/mol. The van der Waals surface area contributed by atoms with Crippen molar-refractivity contribution in [2.75, 3.05) is 13.1 Å². The molecule has 0 radical (unpaired) electrons. The predicted octanol–water partition coefficient (Wildman–Crippen LogP) is 2.15. The SMILES string of the molecule is C[C@H]1CC[C@@H]2[C@@H](C[NH+]3CCc4ccccc4C3)C(=O)O[C@]23[C@H]1CC[C@@]1(C)O[C@@H]31. The van der Waals surface area contributed by atoms with E-state index in [4.69, 9.17) is 9.47 Å². The van der Waals surface area contributed by atoms with Gasteiger partial charge in [0, 0.05) is 23.8 Å². The van der Waals surface area contributed by atoms with E-state index in [-0.39, 0.29) is 29.2 Å². The molecule has 150 valence electrons. The number of ether oxygens (including phenoxy) is 2. The molecule has 1 N–H and O–H groups in total. The highest BCUT2D eigenvalue weighted by molar-refractivity contribution is 5.77. The summed E-state index contributed by atoms with van der Waals surface area (Å²) < 4.78 is 12.6. The summed E-state index contributed by atoms with van der Waals surface area (Å²) in [6, 6.07) is 8.79. The first-order valence-corrected chi connectivity index (χ1v) is 11.3. The van der Waals surface area contributed by atoms with Gasteiger partial charge in [-0.15, -0.1) is 0 Å². The van der Waals surface area contributed by atoms with Crippen LogP contribution in [0.1, 0.15) is 50.7 Å². The smallest absolute Gasteiger partial charge is 0.315 e. The number of epoxide rings is 1. The zero-order valence-electron chi connectivity index (χ0n) is 17.1. The number of nitrogens with one attached hydrogen (secondary N) is 1. The molecule has 4 nitrogen and oxygen atoms in total. The number of esters is 1. The number of carbonyl (C=O) groups excluding carboxylic acids is 1. The number of quaternary nitrogens is 1. The van der Waals surface area contributed by atoms with Crippen LogP contribution in [0, 0.1) is 23.7 Å². The van der Waals surface area contributed by atoms with Gasteiger partial charge in [0.2, 0.25) is 0 Å².